The molecule has 0 amide bonds. The minimum Gasteiger partial charge on any atom is -0.384 e. The summed E-state index contributed by atoms with van der Waals surface area (Å²) in [6, 6.07) is 1.78. The Morgan fingerprint density at radius 1 is 1.64 bits per heavy atom. The Balaban J connectivity index is 2.40. The maximum absolute atomic E-state index is 10.3. The van der Waals surface area contributed by atoms with E-state index in [1.165, 1.54) is 0 Å². The summed E-state index contributed by atoms with van der Waals surface area (Å²) in [4.78, 5) is 4.01. The van der Waals surface area contributed by atoms with Gasteiger partial charge in [0.05, 0.1) is 0 Å². The van der Waals surface area contributed by atoms with Crippen LogP contribution in [-0.2, 0) is 5.60 Å². The van der Waals surface area contributed by atoms with Crippen molar-refractivity contribution in [1.82, 2.24) is 10.3 Å². The van der Waals surface area contributed by atoms with Gasteiger partial charge in [0.25, 0.3) is 0 Å². The van der Waals surface area contributed by atoms with E-state index in [1.54, 1.807) is 12.3 Å². The van der Waals surface area contributed by atoms with Gasteiger partial charge in [0.15, 0.2) is 0 Å². The van der Waals surface area contributed by atoms with Gasteiger partial charge in [-0.25, -0.2) is 4.98 Å². The van der Waals surface area contributed by atoms with E-state index in [1.807, 2.05) is 6.92 Å². The largest absolute Gasteiger partial charge is 0.384 e. The zero-order chi connectivity index (χ0) is 10.2. The first kappa shape index (κ1) is 9.90. The third kappa shape index (κ3) is 1.63. The number of β-amino-alcohol motifs (C(OH)–C–C–N with tert-alkyl or cyclic N) is 1. The lowest BCUT2D eigenvalue weighted by Crippen LogP contribution is -2.29. The van der Waals surface area contributed by atoms with E-state index < -0.39 is 5.60 Å². The van der Waals surface area contributed by atoms with Crippen molar-refractivity contribution in [2.75, 3.05) is 13.1 Å². The smallest absolute Gasteiger partial charge is 0.129 e. The minimum atomic E-state index is -0.762. The molecule has 0 aliphatic carbocycles. The van der Waals surface area contributed by atoms with Crippen molar-refractivity contribution < 1.29 is 5.11 Å². The third-order valence-electron chi connectivity index (χ3n) is 2.71. The van der Waals surface area contributed by atoms with Crippen molar-refractivity contribution in [3.8, 4) is 0 Å². The average molecular weight is 213 g/mol. The predicted octanol–water partition coefficient (Wildman–Crippen LogP) is 1.22. The molecule has 1 aliphatic heterocycles. The SMILES string of the molecule is Cc1cc(Cl)ncc1C1(O)CCNC1. The number of halogens is 1. The summed E-state index contributed by atoms with van der Waals surface area (Å²) in [7, 11) is 0. The molecule has 0 radical (unpaired) electrons. The van der Waals surface area contributed by atoms with Crippen LogP contribution in [0.2, 0.25) is 5.15 Å². The van der Waals surface area contributed by atoms with Crippen LogP contribution in [0.1, 0.15) is 17.5 Å². The molecule has 1 aliphatic rings. The van der Waals surface area contributed by atoms with E-state index in [4.69, 9.17) is 11.6 Å². The Kier molecular flexibility index (Phi) is 2.47. The van der Waals surface area contributed by atoms with Gasteiger partial charge in [-0.05, 0) is 31.5 Å². The Morgan fingerprint density at radius 2 is 2.43 bits per heavy atom. The van der Waals surface area contributed by atoms with Crippen molar-refractivity contribution in [3.05, 3.63) is 28.5 Å². The monoisotopic (exact) mass is 212 g/mol. The molecule has 76 valence electrons. The zero-order valence-electron chi connectivity index (χ0n) is 8.05. The molecule has 1 atom stereocenters. The molecule has 3 nitrogen and oxygen atoms in total. The van der Waals surface area contributed by atoms with Gasteiger partial charge in [-0.15, -0.1) is 0 Å². The van der Waals surface area contributed by atoms with Crippen molar-refractivity contribution >= 4 is 11.6 Å². The van der Waals surface area contributed by atoms with E-state index in [2.05, 4.69) is 10.3 Å². The second-order valence-electron chi connectivity index (χ2n) is 3.78. The molecule has 0 bridgehead atoms. The van der Waals surface area contributed by atoms with Crippen molar-refractivity contribution in [2.24, 2.45) is 0 Å². The lowest BCUT2D eigenvalue weighted by Gasteiger charge is -2.23. The summed E-state index contributed by atoms with van der Waals surface area (Å²) in [5.41, 5.74) is 1.12. The molecule has 1 unspecified atom stereocenters. The van der Waals surface area contributed by atoms with Gasteiger partial charge in [0.1, 0.15) is 10.8 Å². The highest BCUT2D eigenvalue weighted by atomic mass is 35.5. The Labute approximate surface area is 88.1 Å². The molecule has 2 heterocycles. The summed E-state index contributed by atoms with van der Waals surface area (Å²) in [6.07, 6.45) is 2.40. The average Bonchev–Trinajstić information content (AvgIpc) is 2.52. The third-order valence-corrected chi connectivity index (χ3v) is 2.92. The van der Waals surface area contributed by atoms with Gasteiger partial charge in [0.2, 0.25) is 0 Å². The van der Waals surface area contributed by atoms with Crippen LogP contribution < -0.4 is 5.32 Å². The number of aryl methyl sites for hydroxylation is 1. The number of nitrogens with one attached hydrogen (secondary N) is 1. The van der Waals surface area contributed by atoms with Crippen LogP contribution in [0, 0.1) is 6.92 Å². The molecule has 1 fully saturated rings. The molecule has 2 rings (SSSR count). The molecule has 4 heteroatoms. The summed E-state index contributed by atoms with van der Waals surface area (Å²) in [5.74, 6) is 0. The molecular formula is C10H13ClN2O. The molecule has 14 heavy (non-hydrogen) atoms. The number of pyridine rings is 1. The van der Waals surface area contributed by atoms with Gasteiger partial charge in [-0.3, -0.25) is 0 Å². The van der Waals surface area contributed by atoms with Gasteiger partial charge < -0.3 is 10.4 Å². The second-order valence-corrected chi connectivity index (χ2v) is 4.17. The van der Waals surface area contributed by atoms with Crippen LogP contribution in [0.25, 0.3) is 0 Å². The first-order valence-electron chi connectivity index (χ1n) is 4.67. The normalized spacial score (nSPS) is 26.8. The van der Waals surface area contributed by atoms with Crippen LogP contribution >= 0.6 is 11.6 Å². The zero-order valence-corrected chi connectivity index (χ0v) is 8.80. The number of hydrogen-bond donors (Lipinski definition) is 2. The van der Waals surface area contributed by atoms with E-state index in [0.717, 1.165) is 24.1 Å². The molecule has 0 aromatic carbocycles. The highest BCUT2D eigenvalue weighted by molar-refractivity contribution is 6.29. The standard InChI is InChI=1S/C10H13ClN2O/c1-7-4-9(11)13-5-8(7)10(14)2-3-12-6-10/h4-5,12,14H,2-3,6H2,1H3. The quantitative estimate of drug-likeness (QED) is 0.689. The Bertz CT molecular complexity index is 348. The summed E-state index contributed by atoms with van der Waals surface area (Å²) >= 11 is 5.76. The topological polar surface area (TPSA) is 45.2 Å². The first-order valence-corrected chi connectivity index (χ1v) is 5.05. The Morgan fingerprint density at radius 3 is 3.00 bits per heavy atom. The lowest BCUT2D eigenvalue weighted by atomic mass is 9.91. The van der Waals surface area contributed by atoms with Gasteiger partial charge in [-0.2, -0.15) is 0 Å². The van der Waals surface area contributed by atoms with Gasteiger partial charge in [-0.1, -0.05) is 11.6 Å². The number of aromatic nitrogens is 1. The molecule has 0 spiro atoms. The van der Waals surface area contributed by atoms with Gasteiger partial charge >= 0.3 is 0 Å². The van der Waals surface area contributed by atoms with Crippen LogP contribution in [0.5, 0.6) is 0 Å². The van der Waals surface area contributed by atoms with Crippen molar-refractivity contribution in [2.45, 2.75) is 18.9 Å². The fraction of sp³-hybridized carbons (Fsp3) is 0.500. The van der Waals surface area contributed by atoms with Crippen molar-refractivity contribution in [3.63, 3.8) is 0 Å². The van der Waals surface area contributed by atoms with Gasteiger partial charge in [0, 0.05) is 18.3 Å². The summed E-state index contributed by atoms with van der Waals surface area (Å²) < 4.78 is 0. The number of aliphatic hydroxyl groups is 1. The number of rotatable bonds is 1. The van der Waals surface area contributed by atoms with Crippen LogP contribution in [-0.4, -0.2) is 23.2 Å². The fourth-order valence-corrected chi connectivity index (χ4v) is 2.13. The molecule has 2 N–H and O–H groups in total. The minimum absolute atomic E-state index is 0.473. The molecule has 1 saturated heterocycles. The van der Waals surface area contributed by atoms with E-state index >= 15 is 0 Å². The second kappa shape index (κ2) is 3.50. The highest BCUT2D eigenvalue weighted by Crippen LogP contribution is 2.30. The molecule has 1 aromatic heterocycles. The predicted molar refractivity (Wildman–Crippen MR) is 55.4 cm³/mol. The number of hydrogen-bond acceptors (Lipinski definition) is 3. The van der Waals surface area contributed by atoms with Crippen LogP contribution in [0.15, 0.2) is 12.3 Å². The lowest BCUT2D eigenvalue weighted by molar-refractivity contribution is 0.0577. The fourth-order valence-electron chi connectivity index (χ4n) is 1.92. The molecule has 1 aromatic rings. The first-order chi connectivity index (χ1) is 6.62. The summed E-state index contributed by atoms with van der Waals surface area (Å²) in [5, 5.41) is 13.9. The highest BCUT2D eigenvalue weighted by Gasteiger charge is 2.34. The Hall–Kier alpha value is -0.640. The summed E-state index contributed by atoms with van der Waals surface area (Å²) in [6.45, 7) is 3.38. The maximum atomic E-state index is 10.3. The van der Waals surface area contributed by atoms with E-state index in [-0.39, 0.29) is 0 Å². The molecular weight excluding hydrogens is 200 g/mol. The van der Waals surface area contributed by atoms with E-state index in [0.29, 0.717) is 11.7 Å². The van der Waals surface area contributed by atoms with Crippen LogP contribution in [0.3, 0.4) is 0 Å². The maximum Gasteiger partial charge on any atom is 0.129 e. The molecule has 0 saturated carbocycles. The number of nitrogens with zero attached hydrogens (tertiary/aromatic N) is 1. The van der Waals surface area contributed by atoms with Crippen molar-refractivity contribution in [1.29, 1.82) is 0 Å². The van der Waals surface area contributed by atoms with Crippen LogP contribution in [0.4, 0.5) is 0 Å². The van der Waals surface area contributed by atoms with E-state index in [9.17, 15) is 5.11 Å².